The number of piperidine rings is 1. The first-order valence-corrected chi connectivity index (χ1v) is 10.9. The average molecular weight is 417 g/mol. The van der Waals surface area contributed by atoms with Gasteiger partial charge in [0.05, 0.1) is 9.82 Å². The lowest BCUT2D eigenvalue weighted by atomic mass is 10.0. The number of anilines is 1. The Balaban J connectivity index is 1.72. The molecule has 1 aliphatic rings. The lowest BCUT2D eigenvalue weighted by molar-refractivity contribution is -0.384. The fraction of sp³-hybridized carbons (Fsp3) is 0.350. The number of hydrogen-bond acceptors (Lipinski definition) is 5. The summed E-state index contributed by atoms with van der Waals surface area (Å²) in [7, 11) is -3.58. The van der Waals surface area contributed by atoms with Crippen molar-refractivity contribution < 1.29 is 18.1 Å². The second-order valence-electron chi connectivity index (χ2n) is 6.96. The summed E-state index contributed by atoms with van der Waals surface area (Å²) in [5.74, 6) is -0.433. The van der Waals surface area contributed by atoms with E-state index in [9.17, 15) is 23.3 Å². The fourth-order valence-electron chi connectivity index (χ4n) is 3.48. The third-order valence-electron chi connectivity index (χ3n) is 5.10. The molecule has 1 N–H and O–H groups in total. The van der Waals surface area contributed by atoms with Gasteiger partial charge in [0.15, 0.2) is 0 Å². The number of benzene rings is 2. The second kappa shape index (κ2) is 8.71. The molecule has 154 valence electrons. The zero-order valence-electron chi connectivity index (χ0n) is 16.1. The van der Waals surface area contributed by atoms with Crippen LogP contribution >= 0.6 is 0 Å². The largest absolute Gasteiger partial charge is 0.322 e. The van der Waals surface area contributed by atoms with E-state index in [0.29, 0.717) is 12.2 Å². The van der Waals surface area contributed by atoms with E-state index in [1.54, 1.807) is 16.4 Å². The summed E-state index contributed by atoms with van der Waals surface area (Å²) >= 11 is 0. The van der Waals surface area contributed by atoms with Crippen LogP contribution in [0.15, 0.2) is 53.4 Å². The van der Waals surface area contributed by atoms with Gasteiger partial charge in [0.2, 0.25) is 10.0 Å². The predicted octanol–water partition coefficient (Wildman–Crippen LogP) is 3.80. The number of amides is 1. The summed E-state index contributed by atoms with van der Waals surface area (Å²) in [6.07, 6.45) is 3.55. The molecule has 1 fully saturated rings. The maximum absolute atomic E-state index is 13.0. The van der Waals surface area contributed by atoms with Crippen LogP contribution in [0.5, 0.6) is 0 Å². The Morgan fingerprint density at radius 1 is 1.14 bits per heavy atom. The molecule has 29 heavy (non-hydrogen) atoms. The van der Waals surface area contributed by atoms with E-state index in [1.165, 1.54) is 36.4 Å². The van der Waals surface area contributed by atoms with E-state index in [-0.39, 0.29) is 22.2 Å². The summed E-state index contributed by atoms with van der Waals surface area (Å²) in [5, 5.41) is 13.4. The van der Waals surface area contributed by atoms with Crippen LogP contribution in [0.3, 0.4) is 0 Å². The number of non-ortho nitro benzene ring substituents is 1. The number of nitrogens with zero attached hydrogens (tertiary/aromatic N) is 2. The molecule has 0 bridgehead atoms. The smallest absolute Gasteiger partial charge is 0.269 e. The first-order valence-electron chi connectivity index (χ1n) is 9.50. The van der Waals surface area contributed by atoms with Crippen molar-refractivity contribution in [2.45, 2.75) is 43.5 Å². The third-order valence-corrected chi connectivity index (χ3v) is 7.07. The first kappa shape index (κ1) is 20.9. The van der Waals surface area contributed by atoms with E-state index in [0.717, 1.165) is 25.7 Å². The Morgan fingerprint density at radius 3 is 2.38 bits per heavy atom. The van der Waals surface area contributed by atoms with Crippen LogP contribution in [0.1, 0.15) is 43.0 Å². The van der Waals surface area contributed by atoms with Crippen molar-refractivity contribution in [2.75, 3.05) is 11.9 Å². The van der Waals surface area contributed by atoms with Gasteiger partial charge in [-0.05, 0) is 55.7 Å². The Labute approximate surface area is 169 Å². The molecule has 1 amide bonds. The fourth-order valence-corrected chi connectivity index (χ4v) is 5.25. The van der Waals surface area contributed by atoms with Crippen molar-refractivity contribution in [1.82, 2.24) is 4.31 Å². The van der Waals surface area contributed by atoms with Crippen LogP contribution in [0.4, 0.5) is 11.4 Å². The van der Waals surface area contributed by atoms with Gasteiger partial charge in [0.1, 0.15) is 0 Å². The predicted molar refractivity (Wildman–Crippen MR) is 109 cm³/mol. The summed E-state index contributed by atoms with van der Waals surface area (Å²) in [5.41, 5.74) is 0.614. The summed E-state index contributed by atoms with van der Waals surface area (Å²) < 4.78 is 27.5. The number of nitro groups is 1. The maximum Gasteiger partial charge on any atom is 0.269 e. The molecule has 1 unspecified atom stereocenters. The number of hydrogen-bond donors (Lipinski definition) is 1. The van der Waals surface area contributed by atoms with Gasteiger partial charge in [-0.2, -0.15) is 4.31 Å². The highest BCUT2D eigenvalue weighted by Crippen LogP contribution is 2.27. The zero-order valence-corrected chi connectivity index (χ0v) is 16.9. The van der Waals surface area contributed by atoms with Crippen molar-refractivity contribution in [3.8, 4) is 0 Å². The highest BCUT2D eigenvalue weighted by molar-refractivity contribution is 7.89. The number of rotatable bonds is 6. The van der Waals surface area contributed by atoms with Crippen molar-refractivity contribution in [2.24, 2.45) is 0 Å². The molecule has 0 spiro atoms. The molecular weight excluding hydrogens is 394 g/mol. The number of carbonyl (C=O) groups excluding carboxylic acids is 1. The topological polar surface area (TPSA) is 110 Å². The molecule has 1 aliphatic heterocycles. The second-order valence-corrected chi connectivity index (χ2v) is 8.85. The SMILES string of the molecule is CCC1CCCCN1S(=O)(=O)c1ccc(NC(=O)c2ccc([N+](=O)[O-])cc2)cc1. The monoisotopic (exact) mass is 417 g/mol. The van der Waals surface area contributed by atoms with Gasteiger partial charge in [0, 0.05) is 36.0 Å². The van der Waals surface area contributed by atoms with Crippen LogP contribution in [0.25, 0.3) is 0 Å². The van der Waals surface area contributed by atoms with Crippen molar-refractivity contribution in [1.29, 1.82) is 0 Å². The van der Waals surface area contributed by atoms with Crippen molar-refractivity contribution >= 4 is 27.3 Å². The zero-order chi connectivity index (χ0) is 21.0. The van der Waals surface area contributed by atoms with Crippen molar-refractivity contribution in [3.63, 3.8) is 0 Å². The Kier molecular flexibility index (Phi) is 6.29. The average Bonchev–Trinajstić information content (AvgIpc) is 2.74. The van der Waals surface area contributed by atoms with Gasteiger partial charge in [-0.3, -0.25) is 14.9 Å². The van der Waals surface area contributed by atoms with E-state index in [2.05, 4.69) is 5.32 Å². The van der Waals surface area contributed by atoms with Gasteiger partial charge >= 0.3 is 0 Å². The summed E-state index contributed by atoms with van der Waals surface area (Å²) in [4.78, 5) is 22.7. The molecule has 1 atom stereocenters. The van der Waals surface area contributed by atoms with Crippen molar-refractivity contribution in [3.05, 3.63) is 64.2 Å². The quantitative estimate of drug-likeness (QED) is 0.568. The minimum Gasteiger partial charge on any atom is -0.322 e. The lowest BCUT2D eigenvalue weighted by Gasteiger charge is -2.34. The molecule has 1 heterocycles. The van der Waals surface area contributed by atoms with Crippen LogP contribution < -0.4 is 5.32 Å². The summed E-state index contributed by atoms with van der Waals surface area (Å²) in [6, 6.07) is 11.3. The van der Waals surface area contributed by atoms with E-state index in [4.69, 9.17) is 0 Å². The molecule has 0 aromatic heterocycles. The molecule has 0 radical (unpaired) electrons. The Hall–Kier alpha value is -2.78. The Morgan fingerprint density at radius 2 is 1.79 bits per heavy atom. The van der Waals surface area contributed by atoms with Gasteiger partial charge in [-0.1, -0.05) is 13.3 Å². The summed E-state index contributed by atoms with van der Waals surface area (Å²) in [6.45, 7) is 2.52. The molecule has 2 aromatic carbocycles. The van der Waals surface area contributed by atoms with E-state index < -0.39 is 20.9 Å². The third kappa shape index (κ3) is 4.63. The molecule has 3 rings (SSSR count). The molecule has 0 saturated carbocycles. The van der Waals surface area contributed by atoms with E-state index in [1.807, 2.05) is 6.92 Å². The van der Waals surface area contributed by atoms with Gasteiger partial charge in [-0.25, -0.2) is 8.42 Å². The molecule has 1 saturated heterocycles. The van der Waals surface area contributed by atoms with Gasteiger partial charge < -0.3 is 5.32 Å². The highest BCUT2D eigenvalue weighted by atomic mass is 32.2. The molecule has 8 nitrogen and oxygen atoms in total. The Bertz CT molecular complexity index is 988. The van der Waals surface area contributed by atoms with Crippen LogP contribution in [-0.4, -0.2) is 36.1 Å². The molecule has 0 aliphatic carbocycles. The minimum atomic E-state index is -3.58. The van der Waals surface area contributed by atoms with Crippen LogP contribution in [-0.2, 0) is 10.0 Å². The van der Waals surface area contributed by atoms with E-state index >= 15 is 0 Å². The molecule has 9 heteroatoms. The number of nitrogens with one attached hydrogen (secondary N) is 1. The minimum absolute atomic E-state index is 0.0234. The van der Waals surface area contributed by atoms with Gasteiger partial charge in [0.25, 0.3) is 11.6 Å². The van der Waals surface area contributed by atoms with Gasteiger partial charge in [-0.15, -0.1) is 0 Å². The van der Waals surface area contributed by atoms with Crippen LogP contribution in [0.2, 0.25) is 0 Å². The number of carbonyl (C=O) groups is 1. The molecule has 2 aromatic rings. The maximum atomic E-state index is 13.0. The molecular formula is C20H23N3O5S. The first-order chi connectivity index (χ1) is 13.8. The standard InChI is InChI=1S/C20H23N3O5S/c1-2-17-5-3-4-14-22(17)29(27,28)19-12-8-16(9-13-19)21-20(24)15-6-10-18(11-7-15)23(25)26/h6-13,17H,2-5,14H2,1H3,(H,21,24). The normalized spacial score (nSPS) is 17.6. The lowest BCUT2D eigenvalue weighted by Crippen LogP contribution is -2.43. The number of nitro benzene ring substituents is 1. The highest BCUT2D eigenvalue weighted by Gasteiger charge is 2.32. The number of sulfonamides is 1. The van der Waals surface area contributed by atoms with Crippen LogP contribution in [0, 0.1) is 10.1 Å².